The van der Waals surface area contributed by atoms with Crippen molar-refractivity contribution in [3.63, 3.8) is 0 Å². The van der Waals surface area contributed by atoms with Crippen LogP contribution in [0.15, 0.2) is 45.6 Å². The average molecular weight is 466 g/mol. The number of fused-ring (bicyclic) bond motifs is 3. The number of carboxylic acids is 1. The van der Waals surface area contributed by atoms with E-state index in [-0.39, 0.29) is 17.6 Å². The van der Waals surface area contributed by atoms with Gasteiger partial charge in [-0.2, -0.15) is 0 Å². The normalized spacial score (nSPS) is 15.2. The van der Waals surface area contributed by atoms with Crippen molar-refractivity contribution in [1.29, 1.82) is 0 Å². The third-order valence-corrected chi connectivity index (χ3v) is 6.18. The first-order valence-electron chi connectivity index (χ1n) is 11.0. The number of ether oxygens (including phenoxy) is 2. The zero-order chi connectivity index (χ0) is 24.6. The van der Waals surface area contributed by atoms with Crippen LogP contribution in [-0.4, -0.2) is 29.7 Å². The highest BCUT2D eigenvalue weighted by atomic mass is 16.5. The van der Waals surface area contributed by atoms with E-state index in [1.165, 1.54) is 7.11 Å². The van der Waals surface area contributed by atoms with Crippen molar-refractivity contribution in [2.24, 2.45) is 0 Å². The van der Waals surface area contributed by atoms with Crippen molar-refractivity contribution in [3.05, 3.63) is 69.1 Å². The monoisotopic (exact) mass is 465 g/mol. The summed E-state index contributed by atoms with van der Waals surface area (Å²) in [5.74, 6) is -0.714. The van der Waals surface area contributed by atoms with Crippen LogP contribution in [0.2, 0.25) is 0 Å². The number of benzene rings is 2. The fourth-order valence-corrected chi connectivity index (χ4v) is 4.35. The quantitative estimate of drug-likeness (QED) is 0.534. The predicted molar refractivity (Wildman–Crippen MR) is 125 cm³/mol. The summed E-state index contributed by atoms with van der Waals surface area (Å²) in [7, 11) is 1.52. The number of rotatable bonds is 6. The lowest BCUT2D eigenvalue weighted by molar-refractivity contribution is -0.142. The van der Waals surface area contributed by atoms with E-state index >= 15 is 0 Å². The number of hydrogen-bond acceptors (Lipinski definition) is 6. The molecule has 1 aliphatic rings. The molecule has 0 saturated carbocycles. The van der Waals surface area contributed by atoms with Gasteiger partial charge in [0.15, 0.2) is 6.04 Å². The second kappa shape index (κ2) is 8.85. The number of carbonyl (C=O) groups excluding carboxylic acids is 1. The van der Waals surface area contributed by atoms with Gasteiger partial charge in [0.25, 0.3) is 0 Å². The highest BCUT2D eigenvalue weighted by Crippen LogP contribution is 2.43. The van der Waals surface area contributed by atoms with Crippen molar-refractivity contribution in [1.82, 2.24) is 5.32 Å². The molecule has 0 fully saturated rings. The number of aryl methyl sites for hydroxylation is 2. The first kappa shape index (κ1) is 23.4. The summed E-state index contributed by atoms with van der Waals surface area (Å²) in [6.07, 6.45) is 1.09. The Morgan fingerprint density at radius 1 is 1.24 bits per heavy atom. The Labute approximate surface area is 196 Å². The van der Waals surface area contributed by atoms with Crippen molar-refractivity contribution in [2.45, 2.75) is 51.7 Å². The Bertz CT molecular complexity index is 1320. The number of aliphatic carboxylic acids is 1. The number of hydrogen-bond donors (Lipinski definition) is 2. The van der Waals surface area contributed by atoms with E-state index in [0.717, 1.165) is 12.0 Å². The predicted octanol–water partition coefficient (Wildman–Crippen LogP) is 3.70. The molecule has 0 aliphatic carbocycles. The molecule has 1 unspecified atom stereocenters. The molecule has 34 heavy (non-hydrogen) atoms. The van der Waals surface area contributed by atoms with Gasteiger partial charge in [0.2, 0.25) is 5.91 Å². The number of nitrogens with one attached hydrogen (secondary N) is 1. The second-order valence-corrected chi connectivity index (χ2v) is 9.04. The standard InChI is InChI=1S/C26H27NO7/c1-14-17(12-20(28)27-22(24(29)30)15-8-6-5-7-9-15)25(31)33-23-16-10-11-26(2,3)34-18(16)13-19(32-4)21(14)23/h5-9,13,22H,10-12H2,1-4H3,(H,27,28)(H,29,30). The van der Waals surface area contributed by atoms with Gasteiger partial charge in [0.1, 0.15) is 22.7 Å². The van der Waals surface area contributed by atoms with Crippen LogP contribution in [0.4, 0.5) is 0 Å². The summed E-state index contributed by atoms with van der Waals surface area (Å²) in [4.78, 5) is 37.5. The molecule has 178 valence electrons. The van der Waals surface area contributed by atoms with Gasteiger partial charge >= 0.3 is 11.6 Å². The maximum Gasteiger partial charge on any atom is 0.340 e. The van der Waals surface area contributed by atoms with Gasteiger partial charge in [-0.1, -0.05) is 30.3 Å². The van der Waals surface area contributed by atoms with Crippen LogP contribution in [-0.2, 0) is 22.4 Å². The molecule has 8 heteroatoms. The zero-order valence-corrected chi connectivity index (χ0v) is 19.6. The van der Waals surface area contributed by atoms with E-state index in [2.05, 4.69) is 5.32 Å². The van der Waals surface area contributed by atoms with E-state index in [1.54, 1.807) is 43.3 Å². The Balaban J connectivity index is 1.72. The number of carboxylic acid groups (broad SMARTS) is 1. The number of methoxy groups -OCH3 is 1. The van der Waals surface area contributed by atoms with E-state index in [9.17, 15) is 19.5 Å². The molecular formula is C26H27NO7. The molecule has 3 aromatic rings. The fourth-order valence-electron chi connectivity index (χ4n) is 4.35. The molecular weight excluding hydrogens is 438 g/mol. The van der Waals surface area contributed by atoms with E-state index in [4.69, 9.17) is 13.9 Å². The van der Waals surface area contributed by atoms with Gasteiger partial charge in [-0.15, -0.1) is 0 Å². The lowest BCUT2D eigenvalue weighted by Crippen LogP contribution is -2.35. The number of amides is 1. The van der Waals surface area contributed by atoms with Crippen molar-refractivity contribution < 1.29 is 28.6 Å². The van der Waals surface area contributed by atoms with Crippen molar-refractivity contribution in [3.8, 4) is 11.5 Å². The molecule has 8 nitrogen and oxygen atoms in total. The Morgan fingerprint density at radius 2 is 1.94 bits per heavy atom. The first-order valence-corrected chi connectivity index (χ1v) is 11.0. The van der Waals surface area contributed by atoms with Gasteiger partial charge in [0, 0.05) is 11.6 Å². The summed E-state index contributed by atoms with van der Waals surface area (Å²) in [5.41, 5.74) is 1.33. The van der Waals surface area contributed by atoms with Gasteiger partial charge in [-0.3, -0.25) is 4.79 Å². The van der Waals surface area contributed by atoms with Crippen LogP contribution < -0.4 is 20.4 Å². The molecule has 0 saturated heterocycles. The fraction of sp³-hybridized carbons (Fsp3) is 0.346. The summed E-state index contributed by atoms with van der Waals surface area (Å²) in [5, 5.41) is 12.7. The van der Waals surface area contributed by atoms with E-state index < -0.39 is 23.5 Å². The molecule has 2 heterocycles. The smallest absolute Gasteiger partial charge is 0.340 e. The largest absolute Gasteiger partial charge is 0.496 e. The van der Waals surface area contributed by atoms with Crippen molar-refractivity contribution in [2.75, 3.05) is 7.11 Å². The van der Waals surface area contributed by atoms with Gasteiger partial charge in [-0.25, -0.2) is 9.59 Å². The average Bonchev–Trinajstić information content (AvgIpc) is 2.79. The maximum absolute atomic E-state index is 12.9. The lowest BCUT2D eigenvalue weighted by Gasteiger charge is -2.33. The molecule has 1 atom stereocenters. The van der Waals surface area contributed by atoms with Gasteiger partial charge in [-0.05, 0) is 44.7 Å². The highest BCUT2D eigenvalue weighted by molar-refractivity contribution is 5.93. The minimum absolute atomic E-state index is 0.150. The Hall–Kier alpha value is -3.81. The molecule has 0 bridgehead atoms. The Kier molecular flexibility index (Phi) is 6.08. The zero-order valence-electron chi connectivity index (χ0n) is 19.6. The van der Waals surface area contributed by atoms with Crippen LogP contribution in [0.5, 0.6) is 11.5 Å². The molecule has 2 aromatic carbocycles. The van der Waals surface area contributed by atoms with Crippen LogP contribution in [0.3, 0.4) is 0 Å². The third-order valence-electron chi connectivity index (χ3n) is 6.18. The molecule has 0 spiro atoms. The topological polar surface area (TPSA) is 115 Å². The summed E-state index contributed by atoms with van der Waals surface area (Å²) in [6.45, 7) is 5.72. The molecule has 1 aromatic heterocycles. The van der Waals surface area contributed by atoms with E-state index in [0.29, 0.717) is 40.0 Å². The highest BCUT2D eigenvalue weighted by Gasteiger charge is 2.31. The summed E-state index contributed by atoms with van der Waals surface area (Å²) in [6, 6.07) is 8.92. The number of carbonyl (C=O) groups is 2. The van der Waals surface area contributed by atoms with Crippen molar-refractivity contribution >= 4 is 22.8 Å². The molecule has 0 radical (unpaired) electrons. The molecule has 1 aliphatic heterocycles. The SMILES string of the molecule is COc1cc2c(c3oc(=O)c(CC(=O)NC(C(=O)O)c4ccccc4)c(C)c13)CCC(C)(C)O2. The summed E-state index contributed by atoms with van der Waals surface area (Å²) >= 11 is 0. The molecule has 4 rings (SSSR count). The summed E-state index contributed by atoms with van der Waals surface area (Å²) < 4.78 is 17.4. The van der Waals surface area contributed by atoms with Crippen LogP contribution in [0.1, 0.15) is 48.6 Å². The Morgan fingerprint density at radius 3 is 2.59 bits per heavy atom. The van der Waals surface area contributed by atoms with Crippen LogP contribution in [0, 0.1) is 6.92 Å². The van der Waals surface area contributed by atoms with Gasteiger partial charge in [0.05, 0.1) is 24.5 Å². The van der Waals surface area contributed by atoms with Crippen LogP contribution in [0.25, 0.3) is 11.0 Å². The molecule has 2 N–H and O–H groups in total. The minimum atomic E-state index is -1.23. The maximum atomic E-state index is 12.9. The third kappa shape index (κ3) is 4.35. The van der Waals surface area contributed by atoms with Gasteiger partial charge < -0.3 is 24.3 Å². The minimum Gasteiger partial charge on any atom is -0.496 e. The molecule has 1 amide bonds. The van der Waals surface area contributed by atoms with E-state index in [1.807, 2.05) is 13.8 Å². The first-order chi connectivity index (χ1) is 16.1. The second-order valence-electron chi connectivity index (χ2n) is 9.04. The van der Waals surface area contributed by atoms with Crippen LogP contribution >= 0.6 is 0 Å². The lowest BCUT2D eigenvalue weighted by atomic mass is 9.91.